The highest BCUT2D eigenvalue weighted by Gasteiger charge is 2.16. The summed E-state index contributed by atoms with van der Waals surface area (Å²) in [6, 6.07) is 15.8. The van der Waals surface area contributed by atoms with Crippen molar-refractivity contribution in [1.82, 2.24) is 0 Å². The van der Waals surface area contributed by atoms with Gasteiger partial charge in [0.1, 0.15) is 0 Å². The number of carbonyl (C=O) groups is 2. The lowest BCUT2D eigenvalue weighted by atomic mass is 9.99. The predicted octanol–water partition coefficient (Wildman–Crippen LogP) is 3.59. The number of rotatable bonds is 5. The SMILES string of the molecule is CC1CCN(c2ccc(NC(=O)COC(=O)c3cccc(C#N)c3)cc2)CC1. The van der Waals surface area contributed by atoms with E-state index in [1.807, 2.05) is 30.3 Å². The summed E-state index contributed by atoms with van der Waals surface area (Å²) in [4.78, 5) is 26.4. The molecular weight excluding hydrogens is 354 g/mol. The lowest BCUT2D eigenvalue weighted by Crippen LogP contribution is -2.32. The van der Waals surface area contributed by atoms with Crippen molar-refractivity contribution in [2.24, 2.45) is 5.92 Å². The predicted molar refractivity (Wildman–Crippen MR) is 107 cm³/mol. The number of benzene rings is 2. The van der Waals surface area contributed by atoms with E-state index in [-0.39, 0.29) is 12.2 Å². The monoisotopic (exact) mass is 377 g/mol. The number of anilines is 2. The Morgan fingerprint density at radius 2 is 1.89 bits per heavy atom. The van der Waals surface area contributed by atoms with Gasteiger partial charge in [-0.15, -0.1) is 0 Å². The average Bonchev–Trinajstić information content (AvgIpc) is 2.73. The molecule has 3 rings (SSSR count). The summed E-state index contributed by atoms with van der Waals surface area (Å²) in [6.45, 7) is 4.00. The van der Waals surface area contributed by atoms with Crippen molar-refractivity contribution < 1.29 is 14.3 Å². The van der Waals surface area contributed by atoms with Crippen LogP contribution in [-0.2, 0) is 9.53 Å². The number of nitriles is 1. The summed E-state index contributed by atoms with van der Waals surface area (Å²) in [5.41, 5.74) is 2.41. The molecule has 144 valence electrons. The standard InChI is InChI=1S/C22H23N3O3/c1-16-9-11-25(12-10-16)20-7-5-19(6-8-20)24-21(26)15-28-22(27)18-4-2-3-17(13-18)14-23/h2-8,13,16H,9-12,15H2,1H3,(H,24,26). The molecular formula is C22H23N3O3. The second kappa shape index (κ2) is 9.05. The molecule has 1 heterocycles. The summed E-state index contributed by atoms with van der Waals surface area (Å²) in [6.07, 6.45) is 2.39. The lowest BCUT2D eigenvalue weighted by Gasteiger charge is -2.32. The van der Waals surface area contributed by atoms with Gasteiger partial charge >= 0.3 is 5.97 Å². The Bertz CT molecular complexity index is 879. The number of hydrogen-bond acceptors (Lipinski definition) is 5. The summed E-state index contributed by atoms with van der Waals surface area (Å²) >= 11 is 0. The molecule has 0 radical (unpaired) electrons. The zero-order chi connectivity index (χ0) is 19.9. The number of ether oxygens (including phenoxy) is 1. The van der Waals surface area contributed by atoms with Gasteiger partial charge in [-0.3, -0.25) is 4.79 Å². The van der Waals surface area contributed by atoms with Crippen molar-refractivity contribution in [1.29, 1.82) is 5.26 Å². The van der Waals surface area contributed by atoms with E-state index in [4.69, 9.17) is 10.00 Å². The van der Waals surface area contributed by atoms with Crippen LogP contribution in [-0.4, -0.2) is 31.6 Å². The van der Waals surface area contributed by atoms with Crippen molar-refractivity contribution in [3.63, 3.8) is 0 Å². The maximum Gasteiger partial charge on any atom is 0.338 e. The van der Waals surface area contributed by atoms with Crippen LogP contribution in [0.5, 0.6) is 0 Å². The van der Waals surface area contributed by atoms with Gasteiger partial charge < -0.3 is 15.0 Å². The highest BCUT2D eigenvalue weighted by atomic mass is 16.5. The van der Waals surface area contributed by atoms with Gasteiger partial charge in [-0.2, -0.15) is 5.26 Å². The third-order valence-corrected chi connectivity index (χ3v) is 4.86. The van der Waals surface area contributed by atoms with Crippen LogP contribution < -0.4 is 10.2 Å². The van der Waals surface area contributed by atoms with E-state index < -0.39 is 11.9 Å². The summed E-state index contributed by atoms with van der Waals surface area (Å²) in [5, 5.41) is 11.6. The van der Waals surface area contributed by atoms with Crippen molar-refractivity contribution in [3.05, 3.63) is 59.7 Å². The maximum atomic E-state index is 12.0. The number of carbonyl (C=O) groups excluding carboxylic acids is 2. The number of nitrogens with zero attached hydrogens (tertiary/aromatic N) is 2. The molecule has 2 aromatic rings. The number of esters is 1. The third-order valence-electron chi connectivity index (χ3n) is 4.86. The van der Waals surface area contributed by atoms with E-state index in [9.17, 15) is 9.59 Å². The van der Waals surface area contributed by atoms with Crippen LogP contribution in [0.1, 0.15) is 35.7 Å². The quantitative estimate of drug-likeness (QED) is 0.805. The van der Waals surface area contributed by atoms with Gasteiger partial charge in [-0.05, 0) is 61.2 Å². The molecule has 2 aromatic carbocycles. The van der Waals surface area contributed by atoms with Gasteiger partial charge in [-0.1, -0.05) is 13.0 Å². The van der Waals surface area contributed by atoms with Crippen LogP contribution in [0.2, 0.25) is 0 Å². The van der Waals surface area contributed by atoms with Crippen molar-refractivity contribution in [2.75, 3.05) is 29.9 Å². The minimum atomic E-state index is -0.637. The molecule has 0 unspecified atom stereocenters. The van der Waals surface area contributed by atoms with Crippen LogP contribution in [0.25, 0.3) is 0 Å². The number of piperidine rings is 1. The van der Waals surface area contributed by atoms with E-state index >= 15 is 0 Å². The van der Waals surface area contributed by atoms with Gasteiger partial charge in [0.2, 0.25) is 0 Å². The second-order valence-electron chi connectivity index (χ2n) is 7.03. The van der Waals surface area contributed by atoms with Crippen LogP contribution in [0, 0.1) is 17.2 Å². The van der Waals surface area contributed by atoms with E-state index in [0.717, 1.165) is 24.7 Å². The molecule has 1 N–H and O–H groups in total. The van der Waals surface area contributed by atoms with Crippen molar-refractivity contribution in [2.45, 2.75) is 19.8 Å². The van der Waals surface area contributed by atoms with Crippen LogP contribution in [0.15, 0.2) is 48.5 Å². The van der Waals surface area contributed by atoms with Gasteiger partial charge in [0, 0.05) is 24.5 Å². The highest BCUT2D eigenvalue weighted by molar-refractivity contribution is 5.95. The first-order chi connectivity index (χ1) is 13.5. The van der Waals surface area contributed by atoms with Crippen LogP contribution in [0.3, 0.4) is 0 Å². The zero-order valence-electron chi connectivity index (χ0n) is 15.9. The molecule has 1 saturated heterocycles. The smallest absolute Gasteiger partial charge is 0.338 e. The highest BCUT2D eigenvalue weighted by Crippen LogP contribution is 2.24. The van der Waals surface area contributed by atoms with Crippen molar-refractivity contribution in [3.8, 4) is 6.07 Å². The normalized spacial score (nSPS) is 14.2. The molecule has 0 aromatic heterocycles. The summed E-state index contributed by atoms with van der Waals surface area (Å²) < 4.78 is 5.02. The van der Waals surface area contributed by atoms with Crippen molar-refractivity contribution >= 4 is 23.3 Å². The van der Waals surface area contributed by atoms with Gasteiger partial charge in [-0.25, -0.2) is 4.79 Å². The molecule has 0 bridgehead atoms. The van der Waals surface area contributed by atoms with Gasteiger partial charge in [0.15, 0.2) is 6.61 Å². The Balaban J connectivity index is 1.49. The van der Waals surface area contributed by atoms with E-state index in [0.29, 0.717) is 11.3 Å². The number of amides is 1. The Labute approximate surface area is 164 Å². The van der Waals surface area contributed by atoms with Gasteiger partial charge in [0.05, 0.1) is 17.2 Å². The molecule has 6 heteroatoms. The molecule has 0 aliphatic carbocycles. The summed E-state index contributed by atoms with van der Waals surface area (Å²) in [5.74, 6) is -0.272. The second-order valence-corrected chi connectivity index (χ2v) is 7.03. The Hall–Kier alpha value is -3.33. The molecule has 1 amide bonds. The summed E-state index contributed by atoms with van der Waals surface area (Å²) in [7, 11) is 0. The molecule has 28 heavy (non-hydrogen) atoms. The maximum absolute atomic E-state index is 12.0. The van der Waals surface area contributed by atoms with E-state index in [1.165, 1.54) is 18.9 Å². The zero-order valence-corrected chi connectivity index (χ0v) is 15.9. The molecule has 1 fully saturated rings. The van der Waals surface area contributed by atoms with E-state index in [2.05, 4.69) is 17.1 Å². The fraction of sp³-hybridized carbons (Fsp3) is 0.318. The fourth-order valence-electron chi connectivity index (χ4n) is 3.15. The average molecular weight is 377 g/mol. The molecule has 1 aliphatic heterocycles. The topological polar surface area (TPSA) is 82.4 Å². The first-order valence-electron chi connectivity index (χ1n) is 9.37. The van der Waals surface area contributed by atoms with Gasteiger partial charge in [0.25, 0.3) is 5.91 Å². The fourth-order valence-corrected chi connectivity index (χ4v) is 3.15. The Morgan fingerprint density at radius 1 is 1.18 bits per heavy atom. The lowest BCUT2D eigenvalue weighted by molar-refractivity contribution is -0.119. The molecule has 0 spiro atoms. The first kappa shape index (κ1) is 19.4. The minimum absolute atomic E-state index is 0.243. The third kappa shape index (κ3) is 5.10. The molecule has 0 saturated carbocycles. The van der Waals surface area contributed by atoms with Crippen LogP contribution >= 0.6 is 0 Å². The van der Waals surface area contributed by atoms with E-state index in [1.54, 1.807) is 18.2 Å². The Kier molecular flexibility index (Phi) is 6.28. The number of hydrogen-bond donors (Lipinski definition) is 1. The molecule has 0 atom stereocenters. The molecule has 6 nitrogen and oxygen atoms in total. The van der Waals surface area contributed by atoms with Crippen LogP contribution in [0.4, 0.5) is 11.4 Å². The number of nitrogens with one attached hydrogen (secondary N) is 1. The largest absolute Gasteiger partial charge is 0.452 e. The first-order valence-corrected chi connectivity index (χ1v) is 9.37. The molecule has 1 aliphatic rings. The minimum Gasteiger partial charge on any atom is -0.452 e. The Morgan fingerprint density at radius 3 is 2.57 bits per heavy atom.